The van der Waals surface area contributed by atoms with Crippen LogP contribution in [0.1, 0.15) is 17.8 Å². The summed E-state index contributed by atoms with van der Waals surface area (Å²) in [6, 6.07) is 0. The molecular formula is C8H8N2O2. The number of hydrogen-bond donors (Lipinski definition) is 2. The van der Waals surface area contributed by atoms with Gasteiger partial charge < -0.3 is 10.1 Å². The van der Waals surface area contributed by atoms with E-state index in [2.05, 4.69) is 21.8 Å². The molecule has 1 aromatic heterocycles. The van der Waals surface area contributed by atoms with Gasteiger partial charge >= 0.3 is 5.97 Å². The molecule has 0 aliphatic heterocycles. The van der Waals surface area contributed by atoms with Crippen LogP contribution in [0.5, 0.6) is 0 Å². The second-order valence-corrected chi connectivity index (χ2v) is 2.25. The Morgan fingerprint density at radius 3 is 3.08 bits per heavy atom. The highest BCUT2D eigenvalue weighted by Crippen LogP contribution is 1.96. The largest absolute Gasteiger partial charge is 0.481 e. The third-order valence-electron chi connectivity index (χ3n) is 1.28. The number of aliphatic carboxylic acids is 1. The molecule has 0 amide bonds. The minimum Gasteiger partial charge on any atom is -0.481 e. The Balaban J connectivity index is 2.67. The Morgan fingerprint density at radius 1 is 1.83 bits per heavy atom. The van der Waals surface area contributed by atoms with Crippen molar-refractivity contribution in [1.29, 1.82) is 0 Å². The summed E-state index contributed by atoms with van der Waals surface area (Å²) in [5.41, 5.74) is 1.46. The zero-order chi connectivity index (χ0) is 8.97. The number of nitrogens with one attached hydrogen (secondary N) is 1. The number of imidazole rings is 1. The van der Waals surface area contributed by atoms with Crippen LogP contribution in [0.4, 0.5) is 0 Å². The van der Waals surface area contributed by atoms with Gasteiger partial charge in [0.1, 0.15) is 12.1 Å². The summed E-state index contributed by atoms with van der Waals surface area (Å²) >= 11 is 0. The molecule has 0 atom stereocenters. The van der Waals surface area contributed by atoms with Crippen LogP contribution in [0.2, 0.25) is 0 Å². The van der Waals surface area contributed by atoms with Gasteiger partial charge in [0.05, 0.1) is 6.33 Å². The summed E-state index contributed by atoms with van der Waals surface area (Å²) in [4.78, 5) is 16.8. The maximum atomic E-state index is 10.1. The second-order valence-electron chi connectivity index (χ2n) is 2.25. The van der Waals surface area contributed by atoms with Crippen LogP contribution in [0, 0.1) is 18.8 Å². The summed E-state index contributed by atoms with van der Waals surface area (Å²) in [5.74, 6) is 4.23. The topological polar surface area (TPSA) is 66.0 Å². The number of aromatic amines is 1. The highest BCUT2D eigenvalue weighted by molar-refractivity contribution is 5.70. The van der Waals surface area contributed by atoms with Crippen molar-refractivity contribution in [3.63, 3.8) is 0 Å². The number of hydrogen-bond acceptors (Lipinski definition) is 2. The molecule has 0 saturated carbocycles. The van der Waals surface area contributed by atoms with Crippen LogP contribution in [0.3, 0.4) is 0 Å². The number of rotatable bonds is 1. The maximum Gasteiger partial charge on any atom is 0.315 e. The van der Waals surface area contributed by atoms with Crippen LogP contribution < -0.4 is 0 Å². The number of carboxylic acids is 1. The van der Waals surface area contributed by atoms with Gasteiger partial charge in [-0.3, -0.25) is 4.79 Å². The molecule has 1 aromatic rings. The van der Waals surface area contributed by atoms with Gasteiger partial charge in [0.15, 0.2) is 0 Å². The van der Waals surface area contributed by atoms with E-state index < -0.39 is 5.97 Å². The number of aromatic nitrogens is 2. The normalized spacial score (nSPS) is 8.75. The SMILES string of the molecule is Cc1[nH]cnc1C#CCC(=O)O. The Morgan fingerprint density at radius 2 is 2.58 bits per heavy atom. The molecule has 0 unspecified atom stereocenters. The average Bonchev–Trinajstić information content (AvgIpc) is 2.36. The van der Waals surface area contributed by atoms with E-state index in [1.165, 1.54) is 6.33 Å². The predicted molar refractivity (Wildman–Crippen MR) is 42.5 cm³/mol. The van der Waals surface area contributed by atoms with Gasteiger partial charge in [-0.1, -0.05) is 5.92 Å². The number of carboxylic acid groups (broad SMARTS) is 1. The maximum absolute atomic E-state index is 10.1. The third kappa shape index (κ3) is 2.13. The van der Waals surface area contributed by atoms with Gasteiger partial charge in [0.25, 0.3) is 0 Å². The molecule has 4 heteroatoms. The van der Waals surface area contributed by atoms with Crippen molar-refractivity contribution < 1.29 is 9.90 Å². The van der Waals surface area contributed by atoms with Gasteiger partial charge in [0, 0.05) is 5.69 Å². The minimum absolute atomic E-state index is 0.147. The zero-order valence-corrected chi connectivity index (χ0v) is 6.59. The van der Waals surface area contributed by atoms with Crippen molar-refractivity contribution in [2.24, 2.45) is 0 Å². The van der Waals surface area contributed by atoms with E-state index in [9.17, 15) is 4.79 Å². The van der Waals surface area contributed by atoms with E-state index in [1.54, 1.807) is 0 Å². The van der Waals surface area contributed by atoms with Gasteiger partial charge in [-0.05, 0) is 12.8 Å². The molecule has 1 heterocycles. The first-order chi connectivity index (χ1) is 5.70. The second kappa shape index (κ2) is 3.58. The van der Waals surface area contributed by atoms with Crippen molar-refractivity contribution in [1.82, 2.24) is 9.97 Å². The van der Waals surface area contributed by atoms with Crippen LogP contribution in [-0.4, -0.2) is 21.0 Å². The van der Waals surface area contributed by atoms with Crippen molar-refractivity contribution in [3.8, 4) is 11.8 Å². The fourth-order valence-corrected chi connectivity index (χ4v) is 0.688. The summed E-state index contributed by atoms with van der Waals surface area (Å²) in [5, 5.41) is 8.28. The van der Waals surface area contributed by atoms with Gasteiger partial charge in [-0.25, -0.2) is 4.98 Å². The molecule has 62 valence electrons. The van der Waals surface area contributed by atoms with Crippen molar-refractivity contribution in [2.75, 3.05) is 0 Å². The quantitative estimate of drug-likeness (QED) is 0.595. The number of H-pyrrole nitrogens is 1. The number of nitrogens with zero attached hydrogens (tertiary/aromatic N) is 1. The molecular weight excluding hydrogens is 156 g/mol. The lowest BCUT2D eigenvalue weighted by Gasteiger charge is -1.82. The minimum atomic E-state index is -0.921. The molecule has 0 spiro atoms. The van der Waals surface area contributed by atoms with E-state index in [1.807, 2.05) is 6.92 Å². The Hall–Kier alpha value is -1.76. The summed E-state index contributed by atoms with van der Waals surface area (Å²) in [6.45, 7) is 1.83. The third-order valence-corrected chi connectivity index (χ3v) is 1.28. The molecule has 1 rings (SSSR count). The lowest BCUT2D eigenvalue weighted by atomic mass is 10.3. The van der Waals surface area contributed by atoms with Crippen LogP contribution in [0.15, 0.2) is 6.33 Å². The first-order valence-electron chi connectivity index (χ1n) is 3.41. The van der Waals surface area contributed by atoms with Crippen molar-refractivity contribution >= 4 is 5.97 Å². The molecule has 2 N–H and O–H groups in total. The molecule has 0 fully saturated rings. The number of aryl methyl sites for hydroxylation is 1. The molecule has 4 nitrogen and oxygen atoms in total. The summed E-state index contributed by atoms with van der Waals surface area (Å²) in [6.07, 6.45) is 1.38. The van der Waals surface area contributed by atoms with Crippen molar-refractivity contribution in [3.05, 3.63) is 17.7 Å². The molecule has 0 bridgehead atoms. The lowest BCUT2D eigenvalue weighted by molar-refractivity contribution is -0.135. The molecule has 0 radical (unpaired) electrons. The van der Waals surface area contributed by atoms with E-state index >= 15 is 0 Å². The van der Waals surface area contributed by atoms with E-state index in [4.69, 9.17) is 5.11 Å². The molecule has 0 saturated heterocycles. The Kier molecular flexibility index (Phi) is 2.49. The number of carbonyl (C=O) groups is 1. The smallest absolute Gasteiger partial charge is 0.315 e. The van der Waals surface area contributed by atoms with Gasteiger partial charge in [0.2, 0.25) is 0 Å². The Labute approximate surface area is 69.6 Å². The highest BCUT2D eigenvalue weighted by Gasteiger charge is 1.94. The molecule has 0 aliphatic carbocycles. The van der Waals surface area contributed by atoms with Gasteiger partial charge in [-0.15, -0.1) is 0 Å². The Bertz CT molecular complexity index is 343. The fourth-order valence-electron chi connectivity index (χ4n) is 0.688. The van der Waals surface area contributed by atoms with Crippen LogP contribution in [0.25, 0.3) is 0 Å². The average molecular weight is 164 g/mol. The standard InChI is InChI=1S/C8H8N2O2/c1-6-7(10-5-9-6)3-2-4-8(11)12/h5H,4H2,1H3,(H,9,10)(H,11,12). The highest BCUT2D eigenvalue weighted by atomic mass is 16.4. The van der Waals surface area contributed by atoms with Gasteiger partial charge in [-0.2, -0.15) is 0 Å². The zero-order valence-electron chi connectivity index (χ0n) is 6.59. The predicted octanol–water partition coefficient (Wildman–Crippen LogP) is 0.544. The van der Waals surface area contributed by atoms with Crippen molar-refractivity contribution in [2.45, 2.75) is 13.3 Å². The van der Waals surface area contributed by atoms with E-state index in [0.29, 0.717) is 5.69 Å². The van der Waals surface area contributed by atoms with E-state index in [0.717, 1.165) is 5.69 Å². The van der Waals surface area contributed by atoms with Crippen LogP contribution >= 0.6 is 0 Å². The summed E-state index contributed by atoms with van der Waals surface area (Å²) in [7, 11) is 0. The van der Waals surface area contributed by atoms with Crippen LogP contribution in [-0.2, 0) is 4.79 Å². The molecule has 0 aliphatic rings. The lowest BCUT2D eigenvalue weighted by Crippen LogP contribution is -1.90. The first kappa shape index (κ1) is 8.34. The fraction of sp³-hybridized carbons (Fsp3) is 0.250. The molecule has 0 aromatic carbocycles. The summed E-state index contributed by atoms with van der Waals surface area (Å²) < 4.78 is 0. The van der Waals surface area contributed by atoms with E-state index in [-0.39, 0.29) is 6.42 Å². The first-order valence-corrected chi connectivity index (χ1v) is 3.41. The monoisotopic (exact) mass is 164 g/mol. The molecule has 12 heavy (non-hydrogen) atoms.